The van der Waals surface area contributed by atoms with E-state index in [1.165, 1.54) is 0 Å². The molecule has 0 spiro atoms. The lowest BCUT2D eigenvalue weighted by atomic mass is 10.3. The molecule has 0 radical (unpaired) electrons. The molecular weight excluding hydrogens is 1080 g/mol. The van der Waals surface area contributed by atoms with Crippen LogP contribution in [0.25, 0.3) is 29.9 Å². The van der Waals surface area contributed by atoms with Gasteiger partial charge in [-0.25, -0.2) is 4.68 Å². The van der Waals surface area contributed by atoms with Gasteiger partial charge < -0.3 is 0 Å². The second-order valence-corrected chi connectivity index (χ2v) is 13.6. The number of para-hydroxylation sites is 2. The van der Waals surface area contributed by atoms with E-state index in [1.54, 1.807) is 13.8 Å². The molecule has 0 aliphatic carbocycles. The lowest BCUT2D eigenvalue weighted by Crippen LogP contribution is -2.19. The van der Waals surface area contributed by atoms with Gasteiger partial charge in [0.15, 0.2) is 0 Å². The molecule has 3 nitrogen and oxygen atoms in total. The molecule has 0 atom stereocenters. The van der Waals surface area contributed by atoms with Crippen LogP contribution in [-0.2, 0) is 0 Å². The highest BCUT2D eigenvalue weighted by molar-refractivity contribution is 9.10. The predicted octanol–water partition coefficient (Wildman–Crippen LogP) is 4.82. The van der Waals surface area contributed by atoms with E-state index < -0.39 is 0 Å². The topological polar surface area (TPSA) is 30.7 Å². The Morgan fingerprint density at radius 1 is 0.274 bits per heavy atom. The van der Waals surface area contributed by atoms with E-state index in [4.69, 9.17) is 0 Å². The van der Waals surface area contributed by atoms with E-state index >= 15 is 0 Å². The van der Waals surface area contributed by atoms with Crippen LogP contribution in [0.1, 0.15) is 13.8 Å². The molecule has 0 bridgehead atoms. The maximum atomic E-state index is 4.16. The van der Waals surface area contributed by atoms with Crippen LogP contribution in [-0.4, -0.2) is 15.0 Å². The summed E-state index contributed by atoms with van der Waals surface area (Å²) in [5.74, 6) is 146. The summed E-state index contributed by atoms with van der Waals surface area (Å²) in [6.07, 6.45) is 0. The van der Waals surface area contributed by atoms with Crippen molar-refractivity contribution in [2.45, 2.75) is 13.8 Å². The van der Waals surface area contributed by atoms with Gasteiger partial charge in [-0.15, -0.1) is 5.10 Å². The molecule has 1 heterocycles. The molecule has 4 aromatic rings. The van der Waals surface area contributed by atoms with E-state index in [9.17, 15) is 0 Å². The van der Waals surface area contributed by atoms with Crippen molar-refractivity contribution in [2.24, 2.45) is 0 Å². The van der Waals surface area contributed by atoms with Crippen molar-refractivity contribution in [3.8, 4) is 349 Å². The molecule has 1 aromatic heterocycles. The van der Waals surface area contributed by atoms with Gasteiger partial charge in [0.2, 0.25) is 0 Å². The van der Waals surface area contributed by atoms with Gasteiger partial charge in [-0.05, 0) is 159 Å². The Morgan fingerprint density at radius 3 is 0.702 bits per heavy atom. The van der Waals surface area contributed by atoms with E-state index in [1.807, 2.05) is 77.5 Å². The van der Waals surface area contributed by atoms with Crippen molar-refractivity contribution in [3.63, 3.8) is 0 Å². The van der Waals surface area contributed by atoms with Gasteiger partial charge in [0.1, 0.15) is 5.52 Å². The van der Waals surface area contributed by atoms with Crippen LogP contribution in [0.3, 0.4) is 0 Å². The van der Waals surface area contributed by atoms with Crippen molar-refractivity contribution in [1.82, 2.24) is 15.0 Å². The van der Waals surface area contributed by atoms with E-state index in [-0.39, 0.29) is 0 Å². The summed E-state index contributed by atoms with van der Waals surface area (Å²) in [6.45, 7) is 10.9. The van der Waals surface area contributed by atoms with Crippen molar-refractivity contribution in [1.29, 1.82) is 0 Å². The highest BCUT2D eigenvalue weighted by Crippen LogP contribution is 2.23. The summed E-state index contributed by atoms with van der Waals surface area (Å²) < 4.78 is 2.84. The first-order chi connectivity index (χ1) is 41.6. The smallest absolute Gasteiger partial charge is 0.113 e. The minimum atomic E-state index is 0.901. The predicted molar refractivity (Wildman–Crippen MR) is 340 cm³/mol. The van der Waals surface area contributed by atoms with Crippen molar-refractivity contribution < 1.29 is 0 Å². The highest BCUT2D eigenvalue weighted by Gasteiger charge is 2.07. The standard InChI is InChI=1S/C60H6.C12H8BrN3.C8H8/c1-3-5-7-9-11-13-15-17-19-21-23-25-27-29-31-33-35-37-39-41-43-45-47-49-51-53-55-57-59-60-58-56-54-52-50-48-46-44-42-40-38-36-34-32-30-28-26-24-22-20-18-16-14-12-10-8-6-4-2;13-9-5-1-3-7-11(9)16-12-8-4-2-6-10(12)14-15-16;1-7-5-3-4-6-8(7)2/h1-2H3;1-8H;3-6H,1-2H2. The Balaban J connectivity index is 0.000000801. The lowest BCUT2D eigenvalue weighted by Gasteiger charge is -2.03. The Labute approximate surface area is 502 Å². The Kier molecular flexibility index (Phi) is 38.3. The second kappa shape index (κ2) is 49.7. The zero-order valence-electron chi connectivity index (χ0n) is 44.1. The molecule has 0 saturated heterocycles. The number of rotatable bonds is 1. The number of nitrogens with zero attached hydrogens (tertiary/aromatic N) is 3. The second-order valence-electron chi connectivity index (χ2n) is 12.7. The fraction of sp³-hybridized carbons (Fsp3) is 0.0250. The summed E-state index contributed by atoms with van der Waals surface area (Å²) in [5, 5.41) is 10.3. The van der Waals surface area contributed by atoms with Crippen LogP contribution in [0.15, 0.2) is 77.3 Å². The fourth-order valence-corrected chi connectivity index (χ4v) is 4.49. The SMILES string of the molecule is Brc1ccccc1-n1nnc2ccccc21.C=c1ccccc1=C.CC#CC#CC#CC#CC#CC#CC#CC#CC#CC#CC#CC#CC#CC#CC#CC#CC#CC#CC#CC#CC#CC#CC#CC#CC#CC#CC#CC#CC#CC. The van der Waals surface area contributed by atoms with Crippen LogP contribution in [0.5, 0.6) is 0 Å². The summed E-state index contributed by atoms with van der Waals surface area (Å²) >= 11 is 3.51. The number of hydrogen-bond acceptors (Lipinski definition) is 2. The monoisotopic (exact) mass is 1100 g/mol. The summed E-state index contributed by atoms with van der Waals surface area (Å²) in [5.41, 5.74) is 2.91. The number of benzene rings is 3. The van der Waals surface area contributed by atoms with Gasteiger partial charge in [-0.3, -0.25) is 0 Å². The van der Waals surface area contributed by atoms with Crippen molar-refractivity contribution in [3.05, 3.63) is 87.7 Å². The number of fused-ring (bicyclic) bond motifs is 1. The Bertz CT molecular complexity index is 5130. The minimum absolute atomic E-state index is 0.901. The first kappa shape index (κ1) is 64.6. The van der Waals surface area contributed by atoms with E-state index in [0.717, 1.165) is 31.6 Å². The fourth-order valence-electron chi connectivity index (χ4n) is 4.04. The van der Waals surface area contributed by atoms with E-state index in [0.29, 0.717) is 0 Å². The third-order valence-corrected chi connectivity index (χ3v) is 7.91. The zero-order valence-corrected chi connectivity index (χ0v) is 45.6. The van der Waals surface area contributed by atoms with Crippen LogP contribution in [0.2, 0.25) is 0 Å². The maximum absolute atomic E-state index is 4.16. The molecule has 4 heteroatoms. The third kappa shape index (κ3) is 37.3. The Hall–Kier alpha value is -15.5. The molecule has 0 fully saturated rings. The normalized spacial score (nSPS) is 5.75. The summed E-state index contributed by atoms with van der Waals surface area (Å²) in [4.78, 5) is 0. The highest BCUT2D eigenvalue weighted by atomic mass is 79.9. The molecule has 0 N–H and O–H groups in total. The van der Waals surface area contributed by atoms with Crippen LogP contribution >= 0.6 is 15.9 Å². The molecule has 3 aromatic carbocycles. The first-order valence-electron chi connectivity index (χ1n) is 22.7. The molecular formula is C80H22BrN3. The number of aromatic nitrogens is 3. The van der Waals surface area contributed by atoms with Gasteiger partial charge in [-0.2, -0.15) is 0 Å². The van der Waals surface area contributed by atoms with Gasteiger partial charge in [0, 0.05) is 241 Å². The van der Waals surface area contributed by atoms with E-state index in [2.05, 4.69) is 383 Å². The maximum Gasteiger partial charge on any atom is 0.113 e. The zero-order chi connectivity index (χ0) is 60.0. The van der Waals surface area contributed by atoms with Gasteiger partial charge in [-0.1, -0.05) is 78.7 Å². The molecule has 0 aliphatic rings. The molecule has 0 amide bonds. The summed E-state index contributed by atoms with van der Waals surface area (Å²) in [6, 6.07) is 23.7. The summed E-state index contributed by atoms with van der Waals surface area (Å²) in [7, 11) is 0. The number of hydrogen-bond donors (Lipinski definition) is 0. The molecule has 0 saturated carbocycles. The van der Waals surface area contributed by atoms with Crippen LogP contribution in [0, 0.1) is 343 Å². The molecule has 0 unspecified atom stereocenters. The number of halogens is 1. The van der Waals surface area contributed by atoms with Gasteiger partial charge in [0.25, 0.3) is 0 Å². The average molecular weight is 1100 g/mol. The quantitative estimate of drug-likeness (QED) is 0.257. The largest absolute Gasteiger partial charge is 0.212 e. The van der Waals surface area contributed by atoms with Gasteiger partial charge >= 0.3 is 0 Å². The van der Waals surface area contributed by atoms with Crippen molar-refractivity contribution >= 4 is 40.1 Å². The van der Waals surface area contributed by atoms with Crippen molar-refractivity contribution in [2.75, 3.05) is 0 Å². The van der Waals surface area contributed by atoms with Crippen LogP contribution in [0.4, 0.5) is 0 Å². The first-order valence-corrected chi connectivity index (χ1v) is 23.5. The Morgan fingerprint density at radius 2 is 0.476 bits per heavy atom. The van der Waals surface area contributed by atoms with Crippen LogP contribution < -0.4 is 10.4 Å². The minimum Gasteiger partial charge on any atom is -0.212 e. The average Bonchev–Trinajstić information content (AvgIpc) is 4.20. The lowest BCUT2D eigenvalue weighted by molar-refractivity contribution is 0.821. The molecule has 4 rings (SSSR count). The third-order valence-electron chi connectivity index (χ3n) is 7.24. The van der Waals surface area contributed by atoms with Gasteiger partial charge in [0.05, 0.1) is 11.2 Å². The molecule has 0 aliphatic heterocycles. The molecule has 364 valence electrons. The molecule has 84 heavy (non-hydrogen) atoms.